The second-order valence-corrected chi connectivity index (χ2v) is 8.47. The first-order chi connectivity index (χ1) is 15.8. The molecule has 0 spiro atoms. The molecule has 1 N–H and O–H groups in total. The largest absolute Gasteiger partial charge is 0.489 e. The van der Waals surface area contributed by atoms with Gasteiger partial charge in [-0.25, -0.2) is 0 Å². The Balaban J connectivity index is 1.21. The Morgan fingerprint density at radius 2 is 1.16 bits per heavy atom. The van der Waals surface area contributed by atoms with Crippen molar-refractivity contribution in [2.45, 2.75) is 18.9 Å². The SMILES string of the molecule is OCC(COc1cccc2c1Cc1ccccc1-2)Oc1cccc2c1Cc1ccccc1-2. The molecule has 0 heterocycles. The average Bonchev–Trinajstić information content (AvgIpc) is 3.41. The highest BCUT2D eigenvalue weighted by molar-refractivity contribution is 5.79. The van der Waals surface area contributed by atoms with Crippen LogP contribution in [0.25, 0.3) is 22.3 Å². The zero-order valence-corrected chi connectivity index (χ0v) is 17.8. The topological polar surface area (TPSA) is 38.7 Å². The molecule has 1 atom stereocenters. The summed E-state index contributed by atoms with van der Waals surface area (Å²) in [4.78, 5) is 0. The van der Waals surface area contributed by atoms with E-state index in [1.54, 1.807) is 0 Å². The molecule has 6 rings (SSSR count). The number of aliphatic hydroxyl groups is 1. The van der Waals surface area contributed by atoms with E-state index in [-0.39, 0.29) is 6.61 Å². The van der Waals surface area contributed by atoms with Gasteiger partial charge in [-0.15, -0.1) is 0 Å². The lowest BCUT2D eigenvalue weighted by Gasteiger charge is -2.20. The highest BCUT2D eigenvalue weighted by atomic mass is 16.5. The maximum Gasteiger partial charge on any atom is 0.155 e. The van der Waals surface area contributed by atoms with Gasteiger partial charge in [0, 0.05) is 24.0 Å². The van der Waals surface area contributed by atoms with Crippen molar-refractivity contribution in [3.63, 3.8) is 0 Å². The number of benzene rings is 4. The van der Waals surface area contributed by atoms with Crippen LogP contribution in [0.2, 0.25) is 0 Å². The van der Waals surface area contributed by atoms with Crippen molar-refractivity contribution in [3.8, 4) is 33.8 Å². The van der Waals surface area contributed by atoms with Crippen LogP contribution in [0.15, 0.2) is 84.9 Å². The molecule has 0 fully saturated rings. The molecule has 4 aromatic carbocycles. The first-order valence-electron chi connectivity index (χ1n) is 11.1. The minimum Gasteiger partial charge on any atom is -0.489 e. The molecule has 0 amide bonds. The summed E-state index contributed by atoms with van der Waals surface area (Å²) in [5, 5.41) is 10.0. The van der Waals surface area contributed by atoms with Crippen molar-refractivity contribution < 1.29 is 14.6 Å². The van der Waals surface area contributed by atoms with Crippen molar-refractivity contribution in [1.82, 2.24) is 0 Å². The number of hydrogen-bond donors (Lipinski definition) is 1. The Hall–Kier alpha value is -3.56. The van der Waals surface area contributed by atoms with Crippen molar-refractivity contribution in [1.29, 1.82) is 0 Å². The second-order valence-electron chi connectivity index (χ2n) is 8.47. The molecule has 0 aliphatic heterocycles. The number of rotatable bonds is 6. The monoisotopic (exact) mass is 420 g/mol. The Kier molecular flexibility index (Phi) is 4.70. The van der Waals surface area contributed by atoms with Gasteiger partial charge in [0.1, 0.15) is 18.1 Å². The fraction of sp³-hybridized carbons (Fsp3) is 0.172. The van der Waals surface area contributed by atoms with Gasteiger partial charge < -0.3 is 14.6 Å². The van der Waals surface area contributed by atoms with Crippen LogP contribution < -0.4 is 9.47 Å². The van der Waals surface area contributed by atoms with Crippen LogP contribution in [0.4, 0.5) is 0 Å². The van der Waals surface area contributed by atoms with Crippen LogP contribution in [-0.2, 0) is 12.8 Å². The van der Waals surface area contributed by atoms with E-state index in [2.05, 4.69) is 60.7 Å². The lowest BCUT2D eigenvalue weighted by Crippen LogP contribution is -2.29. The second kappa shape index (κ2) is 7.85. The van der Waals surface area contributed by atoms with E-state index in [0.29, 0.717) is 6.61 Å². The summed E-state index contributed by atoms with van der Waals surface area (Å²) >= 11 is 0. The third-order valence-corrected chi connectivity index (χ3v) is 6.54. The number of ether oxygens (including phenoxy) is 2. The van der Waals surface area contributed by atoms with Gasteiger partial charge in [0.15, 0.2) is 6.10 Å². The van der Waals surface area contributed by atoms with Gasteiger partial charge in [0.25, 0.3) is 0 Å². The fourth-order valence-electron chi connectivity index (χ4n) is 4.99. The molecular weight excluding hydrogens is 396 g/mol. The van der Waals surface area contributed by atoms with E-state index in [4.69, 9.17) is 9.47 Å². The maximum atomic E-state index is 10.0. The molecule has 0 saturated heterocycles. The average molecular weight is 421 g/mol. The lowest BCUT2D eigenvalue weighted by atomic mass is 10.1. The molecule has 3 heteroatoms. The molecule has 0 radical (unpaired) electrons. The Bertz CT molecular complexity index is 1310. The molecule has 32 heavy (non-hydrogen) atoms. The fourth-order valence-corrected chi connectivity index (χ4v) is 4.99. The summed E-state index contributed by atoms with van der Waals surface area (Å²) in [5.41, 5.74) is 10.0. The maximum absolute atomic E-state index is 10.0. The molecule has 0 saturated carbocycles. The van der Waals surface area contributed by atoms with Crippen molar-refractivity contribution in [2.75, 3.05) is 13.2 Å². The van der Waals surface area contributed by atoms with Crippen LogP contribution in [0.3, 0.4) is 0 Å². The van der Waals surface area contributed by atoms with Crippen molar-refractivity contribution in [3.05, 3.63) is 107 Å². The van der Waals surface area contributed by atoms with Crippen molar-refractivity contribution >= 4 is 0 Å². The first kappa shape index (κ1) is 19.1. The van der Waals surface area contributed by atoms with Crippen molar-refractivity contribution in [2.24, 2.45) is 0 Å². The molecule has 0 aromatic heterocycles. The predicted octanol–water partition coefficient (Wildman–Crippen LogP) is 5.65. The third-order valence-electron chi connectivity index (χ3n) is 6.54. The normalized spacial score (nSPS) is 13.7. The summed E-state index contributed by atoms with van der Waals surface area (Å²) in [5.74, 6) is 1.69. The molecule has 158 valence electrons. The predicted molar refractivity (Wildman–Crippen MR) is 126 cm³/mol. The number of aliphatic hydroxyl groups excluding tert-OH is 1. The highest BCUT2D eigenvalue weighted by Crippen LogP contribution is 2.42. The molecular formula is C29H24O3. The summed E-state index contributed by atoms with van der Waals surface area (Å²) in [6, 6.07) is 29.3. The highest BCUT2D eigenvalue weighted by Gasteiger charge is 2.24. The Labute approximate surface area is 187 Å². The molecule has 0 bridgehead atoms. The third kappa shape index (κ3) is 3.17. The molecule has 1 unspecified atom stereocenters. The summed E-state index contributed by atoms with van der Waals surface area (Å²) in [7, 11) is 0. The summed E-state index contributed by atoms with van der Waals surface area (Å²) in [6.07, 6.45) is 1.28. The molecule has 3 nitrogen and oxygen atoms in total. The summed E-state index contributed by atoms with van der Waals surface area (Å²) in [6.45, 7) is 0.186. The first-order valence-corrected chi connectivity index (χ1v) is 11.1. The van der Waals surface area contributed by atoms with E-state index in [1.165, 1.54) is 44.5 Å². The molecule has 4 aromatic rings. The number of fused-ring (bicyclic) bond motifs is 6. The van der Waals surface area contributed by atoms with Gasteiger partial charge in [-0.2, -0.15) is 0 Å². The van der Waals surface area contributed by atoms with Gasteiger partial charge >= 0.3 is 0 Å². The minimum atomic E-state index is -0.440. The summed E-state index contributed by atoms with van der Waals surface area (Å²) < 4.78 is 12.5. The van der Waals surface area contributed by atoms with Gasteiger partial charge in [-0.1, -0.05) is 72.8 Å². The van der Waals surface area contributed by atoms with Crippen LogP contribution in [0.1, 0.15) is 22.3 Å². The van der Waals surface area contributed by atoms with Crippen LogP contribution in [0, 0.1) is 0 Å². The number of hydrogen-bond acceptors (Lipinski definition) is 3. The van der Waals surface area contributed by atoms with E-state index >= 15 is 0 Å². The Morgan fingerprint density at radius 1 is 0.625 bits per heavy atom. The lowest BCUT2D eigenvalue weighted by molar-refractivity contribution is 0.0710. The van der Waals surface area contributed by atoms with Gasteiger partial charge in [-0.05, 0) is 45.5 Å². The van der Waals surface area contributed by atoms with Crippen LogP contribution in [0.5, 0.6) is 11.5 Å². The van der Waals surface area contributed by atoms with Gasteiger partial charge in [0.2, 0.25) is 0 Å². The standard InChI is InChI=1S/C29H24O3/c30-17-21(32-29-14-6-12-25-23-10-4-2-8-20(23)16-27(25)29)18-31-28-13-5-11-24-22-9-3-1-7-19(22)15-26(24)28/h1-14,21,30H,15-18H2. The van der Waals surface area contributed by atoms with E-state index < -0.39 is 6.10 Å². The smallest absolute Gasteiger partial charge is 0.155 e. The quantitative estimate of drug-likeness (QED) is 0.379. The molecule has 2 aliphatic carbocycles. The Morgan fingerprint density at radius 3 is 1.78 bits per heavy atom. The minimum absolute atomic E-state index is 0.105. The zero-order valence-electron chi connectivity index (χ0n) is 17.8. The zero-order chi connectivity index (χ0) is 21.5. The van der Waals surface area contributed by atoms with Crippen LogP contribution in [-0.4, -0.2) is 24.4 Å². The van der Waals surface area contributed by atoms with E-state index in [1.807, 2.05) is 24.3 Å². The van der Waals surface area contributed by atoms with Gasteiger partial charge in [-0.3, -0.25) is 0 Å². The van der Waals surface area contributed by atoms with E-state index in [9.17, 15) is 5.11 Å². The molecule has 2 aliphatic rings. The van der Waals surface area contributed by atoms with E-state index in [0.717, 1.165) is 24.3 Å². The van der Waals surface area contributed by atoms with Crippen LogP contribution >= 0.6 is 0 Å². The van der Waals surface area contributed by atoms with Gasteiger partial charge in [0.05, 0.1) is 6.61 Å².